The molecule has 0 aliphatic heterocycles. The summed E-state index contributed by atoms with van der Waals surface area (Å²) in [6.45, 7) is 1.83. The summed E-state index contributed by atoms with van der Waals surface area (Å²) in [6.07, 6.45) is 3.36. The van der Waals surface area contributed by atoms with Gasteiger partial charge in [0.15, 0.2) is 0 Å². The Morgan fingerprint density at radius 2 is 2.14 bits per heavy atom. The molecule has 2 N–H and O–H groups in total. The van der Waals surface area contributed by atoms with E-state index in [9.17, 15) is 0 Å². The molecule has 7 heteroatoms. The first-order valence-corrected chi connectivity index (χ1v) is 4.22. The summed E-state index contributed by atoms with van der Waals surface area (Å²) in [5.74, 6) is 1.22. The van der Waals surface area contributed by atoms with E-state index in [1.807, 2.05) is 6.92 Å². The van der Waals surface area contributed by atoms with Crippen molar-refractivity contribution in [3.05, 3.63) is 23.5 Å². The third-order valence-electron chi connectivity index (χ3n) is 1.65. The van der Waals surface area contributed by atoms with Gasteiger partial charge in [0.2, 0.25) is 17.2 Å². The van der Waals surface area contributed by atoms with Crippen LogP contribution in [-0.4, -0.2) is 24.5 Å². The minimum atomic E-state index is 0.0700. The fourth-order valence-corrected chi connectivity index (χ4v) is 1.21. The van der Waals surface area contributed by atoms with Crippen molar-refractivity contribution < 1.29 is 0 Å². The number of anilines is 1. The molecule has 0 saturated carbocycles. The molecule has 0 bridgehead atoms. The number of hydrogen-bond donors (Lipinski definition) is 1. The molecule has 2 aromatic heterocycles. The van der Waals surface area contributed by atoms with Crippen molar-refractivity contribution in [3.8, 4) is 5.95 Å². The number of hydrogen-bond acceptors (Lipinski definition) is 5. The lowest BCUT2D eigenvalue weighted by molar-refractivity contribution is 0.867. The van der Waals surface area contributed by atoms with E-state index >= 15 is 0 Å². The van der Waals surface area contributed by atoms with Gasteiger partial charge < -0.3 is 5.73 Å². The Bertz CT molecular complexity index is 445. The SMILES string of the molecule is Cc1nccn1-c1nc(N)nc(Cl)n1. The summed E-state index contributed by atoms with van der Waals surface area (Å²) >= 11 is 5.64. The first-order valence-electron chi connectivity index (χ1n) is 3.84. The van der Waals surface area contributed by atoms with Crippen LogP contribution in [0, 0.1) is 6.92 Å². The largest absolute Gasteiger partial charge is 0.368 e. The molecule has 72 valence electrons. The van der Waals surface area contributed by atoms with Crippen LogP contribution in [0.3, 0.4) is 0 Å². The molecule has 6 nitrogen and oxygen atoms in total. The zero-order valence-electron chi connectivity index (χ0n) is 7.35. The molecule has 2 rings (SSSR count). The molecule has 0 atom stereocenters. The van der Waals surface area contributed by atoms with Crippen molar-refractivity contribution >= 4 is 17.5 Å². The monoisotopic (exact) mass is 210 g/mol. The highest BCUT2D eigenvalue weighted by Crippen LogP contribution is 2.08. The van der Waals surface area contributed by atoms with Crippen LogP contribution >= 0.6 is 11.6 Å². The molecular formula is C7H7ClN6. The van der Waals surface area contributed by atoms with E-state index < -0.39 is 0 Å². The van der Waals surface area contributed by atoms with Crippen LogP contribution in [0.4, 0.5) is 5.95 Å². The first-order chi connectivity index (χ1) is 6.66. The third kappa shape index (κ3) is 1.51. The summed E-state index contributed by atoms with van der Waals surface area (Å²) in [5, 5.41) is 0.0700. The lowest BCUT2D eigenvalue weighted by Gasteiger charge is -2.02. The molecule has 14 heavy (non-hydrogen) atoms. The van der Waals surface area contributed by atoms with E-state index in [4.69, 9.17) is 17.3 Å². The highest BCUT2D eigenvalue weighted by molar-refractivity contribution is 6.28. The van der Waals surface area contributed by atoms with Gasteiger partial charge in [-0.1, -0.05) is 0 Å². The van der Waals surface area contributed by atoms with Gasteiger partial charge in [0.1, 0.15) is 5.82 Å². The second kappa shape index (κ2) is 3.22. The minimum Gasteiger partial charge on any atom is -0.368 e. The van der Waals surface area contributed by atoms with Crippen LogP contribution in [-0.2, 0) is 0 Å². The maximum atomic E-state index is 5.64. The van der Waals surface area contributed by atoms with E-state index in [0.29, 0.717) is 5.95 Å². The van der Waals surface area contributed by atoms with Gasteiger partial charge in [-0.3, -0.25) is 4.57 Å². The Morgan fingerprint density at radius 3 is 2.71 bits per heavy atom. The molecular weight excluding hydrogens is 204 g/mol. The zero-order valence-corrected chi connectivity index (χ0v) is 8.10. The normalized spacial score (nSPS) is 10.4. The van der Waals surface area contributed by atoms with Gasteiger partial charge >= 0.3 is 0 Å². The summed E-state index contributed by atoms with van der Waals surface area (Å²) in [5.41, 5.74) is 5.44. The number of aryl methyl sites for hydroxylation is 1. The number of imidazole rings is 1. The van der Waals surface area contributed by atoms with Crippen LogP contribution in [0.5, 0.6) is 0 Å². The molecule has 0 spiro atoms. The van der Waals surface area contributed by atoms with Gasteiger partial charge in [-0.15, -0.1) is 0 Å². The van der Waals surface area contributed by atoms with Crippen LogP contribution in [0.15, 0.2) is 12.4 Å². The van der Waals surface area contributed by atoms with Gasteiger partial charge in [0, 0.05) is 12.4 Å². The van der Waals surface area contributed by atoms with Gasteiger partial charge in [-0.05, 0) is 18.5 Å². The van der Waals surface area contributed by atoms with Crippen LogP contribution in [0.1, 0.15) is 5.82 Å². The number of aromatic nitrogens is 5. The second-order valence-corrected chi connectivity index (χ2v) is 2.95. The van der Waals surface area contributed by atoms with E-state index in [2.05, 4.69) is 19.9 Å². The number of nitrogen functional groups attached to an aromatic ring is 1. The molecule has 0 fully saturated rings. The van der Waals surface area contributed by atoms with Gasteiger partial charge in [0.05, 0.1) is 0 Å². The van der Waals surface area contributed by atoms with Gasteiger partial charge in [0.25, 0.3) is 0 Å². The summed E-state index contributed by atoms with van der Waals surface area (Å²) < 4.78 is 1.67. The van der Waals surface area contributed by atoms with E-state index in [1.54, 1.807) is 17.0 Å². The van der Waals surface area contributed by atoms with Crippen molar-refractivity contribution in [2.45, 2.75) is 6.92 Å². The smallest absolute Gasteiger partial charge is 0.241 e. The van der Waals surface area contributed by atoms with Gasteiger partial charge in [-0.25, -0.2) is 4.98 Å². The Morgan fingerprint density at radius 1 is 1.36 bits per heavy atom. The lowest BCUT2D eigenvalue weighted by atomic mass is 10.7. The highest BCUT2D eigenvalue weighted by Gasteiger charge is 2.06. The molecule has 0 aliphatic rings. The van der Waals surface area contributed by atoms with Crippen molar-refractivity contribution in [1.29, 1.82) is 0 Å². The summed E-state index contributed by atoms with van der Waals surface area (Å²) in [4.78, 5) is 15.5. The molecule has 0 aromatic carbocycles. The molecule has 0 radical (unpaired) electrons. The minimum absolute atomic E-state index is 0.0700. The highest BCUT2D eigenvalue weighted by atomic mass is 35.5. The third-order valence-corrected chi connectivity index (χ3v) is 1.82. The average Bonchev–Trinajstić information content (AvgIpc) is 2.49. The standard InChI is InChI=1S/C7H7ClN6/c1-4-10-2-3-14(4)7-12-5(8)11-6(9)13-7/h2-3H,1H3,(H2,9,11,12,13). The molecule has 0 unspecified atom stereocenters. The predicted molar refractivity (Wildman–Crippen MR) is 51.1 cm³/mol. The number of halogens is 1. The van der Waals surface area contributed by atoms with Crippen LogP contribution in [0.2, 0.25) is 5.28 Å². The van der Waals surface area contributed by atoms with Crippen LogP contribution < -0.4 is 5.73 Å². The molecule has 0 saturated heterocycles. The van der Waals surface area contributed by atoms with Crippen LogP contribution in [0.25, 0.3) is 5.95 Å². The number of rotatable bonds is 1. The van der Waals surface area contributed by atoms with E-state index in [0.717, 1.165) is 5.82 Å². The Kier molecular flexibility index (Phi) is 2.05. The molecule has 0 amide bonds. The maximum Gasteiger partial charge on any atom is 0.241 e. The Labute approximate surface area is 84.8 Å². The fraction of sp³-hybridized carbons (Fsp3) is 0.143. The number of nitrogens with zero attached hydrogens (tertiary/aromatic N) is 5. The van der Waals surface area contributed by atoms with E-state index in [-0.39, 0.29) is 11.2 Å². The number of nitrogens with two attached hydrogens (primary N) is 1. The predicted octanol–water partition coefficient (Wildman–Crippen LogP) is 0.601. The van der Waals surface area contributed by atoms with Gasteiger partial charge in [-0.2, -0.15) is 15.0 Å². The lowest BCUT2D eigenvalue weighted by Crippen LogP contribution is -2.06. The molecule has 2 aromatic rings. The van der Waals surface area contributed by atoms with E-state index in [1.165, 1.54) is 0 Å². The Hall–Kier alpha value is -1.69. The van der Waals surface area contributed by atoms with Crippen molar-refractivity contribution in [2.75, 3.05) is 5.73 Å². The molecule has 2 heterocycles. The Balaban J connectivity index is 2.57. The van der Waals surface area contributed by atoms with Crippen molar-refractivity contribution in [1.82, 2.24) is 24.5 Å². The fourth-order valence-electron chi connectivity index (χ4n) is 1.05. The summed E-state index contributed by atoms with van der Waals surface area (Å²) in [6, 6.07) is 0. The maximum absolute atomic E-state index is 5.64. The zero-order chi connectivity index (χ0) is 10.1. The summed E-state index contributed by atoms with van der Waals surface area (Å²) in [7, 11) is 0. The van der Waals surface area contributed by atoms with Crippen molar-refractivity contribution in [3.63, 3.8) is 0 Å². The quantitative estimate of drug-likeness (QED) is 0.745. The second-order valence-electron chi connectivity index (χ2n) is 2.61. The topological polar surface area (TPSA) is 82.5 Å². The first kappa shape index (κ1) is 8.89. The molecule has 0 aliphatic carbocycles. The van der Waals surface area contributed by atoms with Crippen molar-refractivity contribution in [2.24, 2.45) is 0 Å². The average molecular weight is 211 g/mol.